The molecule has 2 aromatic heterocycles. The van der Waals surface area contributed by atoms with E-state index in [0.29, 0.717) is 30.1 Å². The fourth-order valence-corrected chi connectivity index (χ4v) is 3.78. The number of rotatable bonds is 5. The second-order valence-electron chi connectivity index (χ2n) is 8.10. The number of carbonyl (C=O) groups is 1. The standard InChI is InChI=1S/C24H28N4O2/c1-17(2)21-16-20(22-18(3)26-30-23(22)25-21)24(29)28-14-12-27(13-15-28)11-7-10-19-8-5-4-6-9-19/h4-10,16-17H,11-15H2,1-3H3/b10-7+. The van der Waals surface area contributed by atoms with Crippen molar-refractivity contribution in [1.82, 2.24) is 19.9 Å². The summed E-state index contributed by atoms with van der Waals surface area (Å²) in [5, 5.41) is 4.76. The highest BCUT2D eigenvalue weighted by Gasteiger charge is 2.26. The average molecular weight is 405 g/mol. The van der Waals surface area contributed by atoms with Crippen molar-refractivity contribution in [3.8, 4) is 0 Å². The summed E-state index contributed by atoms with van der Waals surface area (Å²) in [6, 6.07) is 12.2. The molecule has 1 fully saturated rings. The Morgan fingerprint density at radius 1 is 1.17 bits per heavy atom. The maximum Gasteiger partial charge on any atom is 0.259 e. The number of hydrogen-bond donors (Lipinski definition) is 0. The van der Waals surface area contributed by atoms with Gasteiger partial charge in [-0.3, -0.25) is 9.69 Å². The lowest BCUT2D eigenvalue weighted by Gasteiger charge is -2.34. The van der Waals surface area contributed by atoms with Gasteiger partial charge in [0.25, 0.3) is 11.6 Å². The van der Waals surface area contributed by atoms with Crippen molar-refractivity contribution in [2.75, 3.05) is 32.7 Å². The molecule has 6 heteroatoms. The van der Waals surface area contributed by atoms with Crippen LogP contribution < -0.4 is 0 Å². The topological polar surface area (TPSA) is 62.5 Å². The van der Waals surface area contributed by atoms with Crippen molar-refractivity contribution < 1.29 is 9.32 Å². The number of pyridine rings is 1. The first kappa shape index (κ1) is 20.3. The van der Waals surface area contributed by atoms with Gasteiger partial charge in [-0.1, -0.05) is 61.5 Å². The van der Waals surface area contributed by atoms with Crippen LogP contribution in [-0.4, -0.2) is 58.6 Å². The third kappa shape index (κ3) is 4.28. The molecule has 1 aromatic carbocycles. The monoisotopic (exact) mass is 404 g/mol. The Morgan fingerprint density at radius 3 is 2.60 bits per heavy atom. The van der Waals surface area contributed by atoms with Crippen LogP contribution in [0.5, 0.6) is 0 Å². The van der Waals surface area contributed by atoms with E-state index in [1.54, 1.807) is 0 Å². The first-order valence-electron chi connectivity index (χ1n) is 10.5. The Bertz CT molecular complexity index is 1050. The fraction of sp³-hybridized carbons (Fsp3) is 0.375. The third-order valence-corrected chi connectivity index (χ3v) is 5.59. The summed E-state index contributed by atoms with van der Waals surface area (Å²) in [4.78, 5) is 22.2. The molecule has 0 saturated carbocycles. The molecule has 0 atom stereocenters. The Hall–Kier alpha value is -2.99. The largest absolute Gasteiger partial charge is 0.336 e. The van der Waals surface area contributed by atoms with Gasteiger partial charge in [-0.05, 0) is 24.5 Å². The highest BCUT2D eigenvalue weighted by molar-refractivity contribution is 6.06. The number of nitrogens with zero attached hydrogens (tertiary/aromatic N) is 4. The number of amides is 1. The normalized spacial score (nSPS) is 15.5. The Morgan fingerprint density at radius 2 is 1.90 bits per heavy atom. The molecule has 0 spiro atoms. The highest BCUT2D eigenvalue weighted by Crippen LogP contribution is 2.26. The van der Waals surface area contributed by atoms with Gasteiger partial charge in [0.1, 0.15) is 0 Å². The van der Waals surface area contributed by atoms with E-state index in [2.05, 4.69) is 53.2 Å². The highest BCUT2D eigenvalue weighted by atomic mass is 16.5. The van der Waals surface area contributed by atoms with Crippen molar-refractivity contribution in [1.29, 1.82) is 0 Å². The number of benzene rings is 1. The van der Waals surface area contributed by atoms with Crippen LogP contribution in [0.2, 0.25) is 0 Å². The van der Waals surface area contributed by atoms with E-state index in [9.17, 15) is 4.79 Å². The lowest BCUT2D eigenvalue weighted by molar-refractivity contribution is 0.0652. The van der Waals surface area contributed by atoms with E-state index in [4.69, 9.17) is 4.52 Å². The summed E-state index contributed by atoms with van der Waals surface area (Å²) >= 11 is 0. The van der Waals surface area contributed by atoms with Gasteiger partial charge in [0.2, 0.25) is 0 Å². The van der Waals surface area contributed by atoms with Crippen LogP contribution in [0.15, 0.2) is 47.0 Å². The molecule has 0 unspecified atom stereocenters. The second-order valence-corrected chi connectivity index (χ2v) is 8.10. The predicted molar refractivity (Wildman–Crippen MR) is 118 cm³/mol. The minimum absolute atomic E-state index is 0.0371. The zero-order valence-corrected chi connectivity index (χ0v) is 17.8. The number of hydrogen-bond acceptors (Lipinski definition) is 5. The molecule has 4 rings (SSSR count). The van der Waals surface area contributed by atoms with Crippen LogP contribution in [-0.2, 0) is 0 Å². The molecule has 1 aliphatic rings. The van der Waals surface area contributed by atoms with Crippen molar-refractivity contribution in [3.05, 3.63) is 65.0 Å². The molecule has 1 saturated heterocycles. The van der Waals surface area contributed by atoms with Gasteiger partial charge in [-0.2, -0.15) is 0 Å². The van der Waals surface area contributed by atoms with Gasteiger partial charge in [-0.25, -0.2) is 4.98 Å². The maximum absolute atomic E-state index is 13.3. The quantitative estimate of drug-likeness (QED) is 0.640. The summed E-state index contributed by atoms with van der Waals surface area (Å²) in [5.41, 5.74) is 3.87. The Labute approximate surface area is 177 Å². The van der Waals surface area contributed by atoms with Gasteiger partial charge < -0.3 is 9.42 Å². The summed E-state index contributed by atoms with van der Waals surface area (Å²) in [5.74, 6) is 0.245. The lowest BCUT2D eigenvalue weighted by Crippen LogP contribution is -2.48. The second kappa shape index (κ2) is 8.79. The fourth-order valence-electron chi connectivity index (χ4n) is 3.78. The zero-order chi connectivity index (χ0) is 21.1. The smallest absolute Gasteiger partial charge is 0.259 e. The van der Waals surface area contributed by atoms with Crippen molar-refractivity contribution in [2.45, 2.75) is 26.7 Å². The number of aromatic nitrogens is 2. The van der Waals surface area contributed by atoms with Crippen molar-refractivity contribution >= 4 is 23.1 Å². The number of fused-ring (bicyclic) bond motifs is 1. The minimum Gasteiger partial charge on any atom is -0.336 e. The zero-order valence-electron chi connectivity index (χ0n) is 17.8. The molecular weight excluding hydrogens is 376 g/mol. The van der Waals surface area contributed by atoms with E-state index in [0.717, 1.165) is 30.7 Å². The molecule has 1 aliphatic heterocycles. The van der Waals surface area contributed by atoms with Crippen LogP contribution in [0.3, 0.4) is 0 Å². The molecule has 0 N–H and O–H groups in total. The van der Waals surface area contributed by atoms with Crippen LogP contribution in [0.25, 0.3) is 17.2 Å². The summed E-state index contributed by atoms with van der Waals surface area (Å²) < 4.78 is 5.37. The number of aryl methyl sites for hydroxylation is 1. The van der Waals surface area contributed by atoms with Gasteiger partial charge in [0.15, 0.2) is 0 Å². The van der Waals surface area contributed by atoms with Gasteiger partial charge in [0.05, 0.1) is 16.6 Å². The SMILES string of the molecule is Cc1noc2nc(C(C)C)cc(C(=O)N3CCN(C/C=C/c4ccccc4)CC3)c12. The summed E-state index contributed by atoms with van der Waals surface area (Å²) in [6.07, 6.45) is 4.34. The average Bonchev–Trinajstić information content (AvgIpc) is 3.15. The summed E-state index contributed by atoms with van der Waals surface area (Å²) in [7, 11) is 0. The molecule has 156 valence electrons. The van der Waals surface area contributed by atoms with Crippen LogP contribution in [0.1, 0.15) is 47.1 Å². The van der Waals surface area contributed by atoms with E-state index in [1.807, 2.05) is 36.1 Å². The van der Waals surface area contributed by atoms with Crippen molar-refractivity contribution in [3.63, 3.8) is 0 Å². The minimum atomic E-state index is 0.0371. The molecule has 3 heterocycles. The summed E-state index contributed by atoms with van der Waals surface area (Å²) in [6.45, 7) is 10.0. The number of carbonyl (C=O) groups excluding carboxylic acids is 1. The first-order valence-corrected chi connectivity index (χ1v) is 10.5. The molecule has 0 bridgehead atoms. The van der Waals surface area contributed by atoms with Crippen LogP contribution in [0.4, 0.5) is 0 Å². The molecular formula is C24H28N4O2. The van der Waals surface area contributed by atoms with Crippen LogP contribution >= 0.6 is 0 Å². The van der Waals surface area contributed by atoms with Gasteiger partial charge in [0, 0.05) is 38.4 Å². The van der Waals surface area contributed by atoms with E-state index in [1.165, 1.54) is 5.56 Å². The predicted octanol–water partition coefficient (Wildman–Crippen LogP) is 4.13. The molecule has 6 nitrogen and oxygen atoms in total. The Kier molecular flexibility index (Phi) is 5.95. The van der Waals surface area contributed by atoms with E-state index >= 15 is 0 Å². The first-order chi connectivity index (χ1) is 14.5. The molecule has 0 radical (unpaired) electrons. The Balaban J connectivity index is 1.43. The van der Waals surface area contributed by atoms with Gasteiger partial charge >= 0.3 is 0 Å². The molecule has 30 heavy (non-hydrogen) atoms. The lowest BCUT2D eigenvalue weighted by atomic mass is 10.0. The molecule has 1 amide bonds. The number of piperazine rings is 1. The van der Waals surface area contributed by atoms with Gasteiger partial charge in [-0.15, -0.1) is 0 Å². The van der Waals surface area contributed by atoms with Crippen molar-refractivity contribution in [2.24, 2.45) is 0 Å². The van der Waals surface area contributed by atoms with Crippen LogP contribution in [0, 0.1) is 6.92 Å². The molecule has 3 aromatic rings. The third-order valence-electron chi connectivity index (χ3n) is 5.59. The molecule has 0 aliphatic carbocycles. The maximum atomic E-state index is 13.3. The van der Waals surface area contributed by atoms with E-state index < -0.39 is 0 Å². The van der Waals surface area contributed by atoms with E-state index in [-0.39, 0.29) is 11.8 Å².